The lowest BCUT2D eigenvalue weighted by Gasteiger charge is -2.40. The van der Waals surface area contributed by atoms with Crippen molar-refractivity contribution < 1.29 is 9.90 Å². The molecule has 0 radical (unpaired) electrons. The van der Waals surface area contributed by atoms with Crippen LogP contribution in [0.15, 0.2) is 6.07 Å². The molecule has 1 aromatic heterocycles. The first-order chi connectivity index (χ1) is 10.2. The number of amides is 1. The fourth-order valence-corrected chi connectivity index (χ4v) is 2.91. The number of carbonyl (C=O) groups is 1. The number of hydrogen-bond acceptors (Lipinski definition) is 4. The molecule has 1 amide bonds. The van der Waals surface area contributed by atoms with E-state index >= 15 is 0 Å². The minimum Gasteiger partial charge on any atom is -0.379 e. The first-order valence-electron chi connectivity index (χ1n) is 7.93. The predicted octanol–water partition coefficient (Wildman–Crippen LogP) is 1.21. The monoisotopic (exact) mass is 308 g/mol. The molecule has 2 heterocycles. The molecule has 2 rings (SSSR count). The van der Waals surface area contributed by atoms with Crippen molar-refractivity contribution in [2.45, 2.75) is 52.7 Å². The molecule has 124 valence electrons. The van der Waals surface area contributed by atoms with Crippen LogP contribution in [-0.4, -0.2) is 51.3 Å². The standard InChI is InChI=1S/C16H28N4O2/c1-12-8-13(19-18-12)9-17-10-16(22)6-5-7-20(14(16)21)11-15(2,3)4/h8,17,22H,5-7,9-11H2,1-4H3,(H,18,19)/t16-/m0/s1. The summed E-state index contributed by atoms with van der Waals surface area (Å²) in [6.07, 6.45) is 1.35. The second-order valence-electron chi connectivity index (χ2n) is 7.57. The third-order valence-corrected chi connectivity index (χ3v) is 3.85. The molecular weight excluding hydrogens is 280 g/mol. The van der Waals surface area contributed by atoms with Crippen molar-refractivity contribution in [1.82, 2.24) is 20.4 Å². The maximum Gasteiger partial charge on any atom is 0.255 e. The Labute approximate surface area is 132 Å². The van der Waals surface area contributed by atoms with Gasteiger partial charge in [0.25, 0.3) is 5.91 Å². The van der Waals surface area contributed by atoms with Gasteiger partial charge in [-0.05, 0) is 31.2 Å². The van der Waals surface area contributed by atoms with Crippen LogP contribution in [0.25, 0.3) is 0 Å². The lowest BCUT2D eigenvalue weighted by Crippen LogP contribution is -2.59. The van der Waals surface area contributed by atoms with Crippen molar-refractivity contribution in [3.05, 3.63) is 17.5 Å². The molecule has 0 aromatic carbocycles. The third kappa shape index (κ3) is 4.30. The Kier molecular flexibility index (Phi) is 4.92. The van der Waals surface area contributed by atoms with Crippen LogP contribution < -0.4 is 5.32 Å². The van der Waals surface area contributed by atoms with Gasteiger partial charge in [0.2, 0.25) is 0 Å². The van der Waals surface area contributed by atoms with Crippen LogP contribution >= 0.6 is 0 Å². The normalized spacial score (nSPS) is 23.1. The van der Waals surface area contributed by atoms with Crippen LogP contribution in [0, 0.1) is 12.3 Å². The number of rotatable bonds is 5. The van der Waals surface area contributed by atoms with Gasteiger partial charge in [0, 0.05) is 31.9 Å². The molecule has 0 saturated carbocycles. The smallest absolute Gasteiger partial charge is 0.255 e. The molecule has 1 aliphatic heterocycles. The highest BCUT2D eigenvalue weighted by Crippen LogP contribution is 2.25. The minimum absolute atomic E-state index is 0.0356. The second kappa shape index (κ2) is 6.38. The van der Waals surface area contributed by atoms with Crippen LogP contribution in [0.5, 0.6) is 0 Å². The Morgan fingerprint density at radius 3 is 2.82 bits per heavy atom. The molecule has 1 aliphatic rings. The van der Waals surface area contributed by atoms with Crippen molar-refractivity contribution in [3.8, 4) is 0 Å². The molecule has 6 nitrogen and oxygen atoms in total. The van der Waals surface area contributed by atoms with Crippen molar-refractivity contribution in [1.29, 1.82) is 0 Å². The zero-order chi connectivity index (χ0) is 16.4. The first kappa shape index (κ1) is 17.0. The zero-order valence-corrected chi connectivity index (χ0v) is 14.1. The fraction of sp³-hybridized carbons (Fsp3) is 0.750. The lowest BCUT2D eigenvalue weighted by atomic mass is 9.88. The quantitative estimate of drug-likeness (QED) is 0.763. The van der Waals surface area contributed by atoms with E-state index in [1.165, 1.54) is 0 Å². The fourth-order valence-electron chi connectivity index (χ4n) is 2.91. The van der Waals surface area contributed by atoms with Gasteiger partial charge >= 0.3 is 0 Å². The highest BCUT2D eigenvalue weighted by atomic mass is 16.3. The first-order valence-corrected chi connectivity index (χ1v) is 7.93. The molecule has 1 fully saturated rings. The van der Waals surface area contributed by atoms with Crippen molar-refractivity contribution in [3.63, 3.8) is 0 Å². The molecule has 1 aromatic rings. The van der Waals surface area contributed by atoms with Crippen LogP contribution in [0.4, 0.5) is 0 Å². The Morgan fingerprint density at radius 1 is 1.50 bits per heavy atom. The zero-order valence-electron chi connectivity index (χ0n) is 14.1. The van der Waals surface area contributed by atoms with E-state index < -0.39 is 5.60 Å². The van der Waals surface area contributed by atoms with Crippen LogP contribution in [0.1, 0.15) is 45.0 Å². The number of piperidine rings is 1. The largest absolute Gasteiger partial charge is 0.379 e. The third-order valence-electron chi connectivity index (χ3n) is 3.85. The molecule has 1 atom stereocenters. The number of aromatic nitrogens is 2. The summed E-state index contributed by atoms with van der Waals surface area (Å²) in [5, 5.41) is 20.9. The number of aryl methyl sites for hydroxylation is 1. The van der Waals surface area contributed by atoms with E-state index in [9.17, 15) is 9.90 Å². The van der Waals surface area contributed by atoms with Gasteiger partial charge in [-0.2, -0.15) is 5.10 Å². The SMILES string of the molecule is Cc1cc(CNC[C@@]2(O)CCCN(CC(C)(C)C)C2=O)n[nH]1. The highest BCUT2D eigenvalue weighted by molar-refractivity contribution is 5.86. The van der Waals surface area contributed by atoms with E-state index in [1.54, 1.807) is 4.90 Å². The summed E-state index contributed by atoms with van der Waals surface area (Å²) in [6.45, 7) is 10.5. The summed E-state index contributed by atoms with van der Waals surface area (Å²) < 4.78 is 0. The van der Waals surface area contributed by atoms with Gasteiger partial charge in [-0.1, -0.05) is 20.8 Å². The second-order valence-corrected chi connectivity index (χ2v) is 7.57. The summed E-state index contributed by atoms with van der Waals surface area (Å²) in [4.78, 5) is 14.4. The molecule has 0 spiro atoms. The number of aliphatic hydroxyl groups is 1. The molecular formula is C16H28N4O2. The average Bonchev–Trinajstić information content (AvgIpc) is 2.80. The van der Waals surface area contributed by atoms with Gasteiger partial charge in [0.15, 0.2) is 5.60 Å². The van der Waals surface area contributed by atoms with Gasteiger partial charge < -0.3 is 15.3 Å². The molecule has 0 aliphatic carbocycles. The summed E-state index contributed by atoms with van der Waals surface area (Å²) in [7, 11) is 0. The number of likely N-dealkylation sites (tertiary alicyclic amines) is 1. The maximum absolute atomic E-state index is 12.6. The number of nitrogens with one attached hydrogen (secondary N) is 2. The number of H-pyrrole nitrogens is 1. The summed E-state index contributed by atoms with van der Waals surface area (Å²) in [5.74, 6) is -0.153. The number of carbonyl (C=O) groups excluding carboxylic acids is 1. The molecule has 0 unspecified atom stereocenters. The number of aromatic amines is 1. The van der Waals surface area contributed by atoms with E-state index in [2.05, 4.69) is 36.3 Å². The Hall–Kier alpha value is -1.40. The predicted molar refractivity (Wildman–Crippen MR) is 85.3 cm³/mol. The Balaban J connectivity index is 1.91. The molecule has 6 heteroatoms. The lowest BCUT2D eigenvalue weighted by molar-refractivity contribution is -0.158. The molecule has 22 heavy (non-hydrogen) atoms. The Morgan fingerprint density at radius 2 is 2.23 bits per heavy atom. The van der Waals surface area contributed by atoms with Crippen molar-refractivity contribution in [2.24, 2.45) is 5.41 Å². The van der Waals surface area contributed by atoms with Crippen LogP contribution in [0.2, 0.25) is 0 Å². The van der Waals surface area contributed by atoms with Gasteiger partial charge in [-0.15, -0.1) is 0 Å². The van der Waals surface area contributed by atoms with E-state index in [1.807, 2.05) is 13.0 Å². The molecule has 0 bridgehead atoms. The minimum atomic E-state index is -1.30. The van der Waals surface area contributed by atoms with Crippen molar-refractivity contribution in [2.75, 3.05) is 19.6 Å². The van der Waals surface area contributed by atoms with Gasteiger partial charge in [-0.3, -0.25) is 9.89 Å². The van der Waals surface area contributed by atoms with Gasteiger partial charge in [0.1, 0.15) is 0 Å². The highest BCUT2D eigenvalue weighted by Gasteiger charge is 2.42. The Bertz CT molecular complexity index is 520. The number of hydrogen-bond donors (Lipinski definition) is 3. The summed E-state index contributed by atoms with van der Waals surface area (Å²) >= 11 is 0. The van der Waals surface area contributed by atoms with Crippen LogP contribution in [-0.2, 0) is 11.3 Å². The van der Waals surface area contributed by atoms with E-state index in [-0.39, 0.29) is 17.9 Å². The maximum atomic E-state index is 12.6. The van der Waals surface area contributed by atoms with Crippen LogP contribution in [0.3, 0.4) is 0 Å². The molecule has 1 saturated heterocycles. The van der Waals surface area contributed by atoms with E-state index in [4.69, 9.17) is 0 Å². The van der Waals surface area contributed by atoms with Gasteiger partial charge in [0.05, 0.1) is 5.69 Å². The van der Waals surface area contributed by atoms with Gasteiger partial charge in [-0.25, -0.2) is 0 Å². The summed E-state index contributed by atoms with van der Waals surface area (Å²) in [6, 6.07) is 1.95. The number of nitrogens with zero attached hydrogens (tertiary/aromatic N) is 2. The topological polar surface area (TPSA) is 81.2 Å². The van der Waals surface area contributed by atoms with E-state index in [0.717, 1.165) is 24.4 Å². The van der Waals surface area contributed by atoms with E-state index in [0.29, 0.717) is 19.5 Å². The molecule has 3 N–H and O–H groups in total. The summed E-state index contributed by atoms with van der Waals surface area (Å²) in [5.41, 5.74) is 0.625. The average molecular weight is 308 g/mol. The van der Waals surface area contributed by atoms with Crippen molar-refractivity contribution >= 4 is 5.91 Å².